The van der Waals surface area contributed by atoms with E-state index in [0.29, 0.717) is 35.2 Å². The van der Waals surface area contributed by atoms with Crippen LogP contribution < -0.4 is 4.90 Å². The number of fused-ring (bicyclic) bond motifs is 1. The van der Waals surface area contributed by atoms with Crippen LogP contribution in [0.4, 0.5) is 0 Å². The highest BCUT2D eigenvalue weighted by atomic mass is 35.5. The average Bonchev–Trinajstić information content (AvgIpc) is 3.25. The monoisotopic (exact) mass is 380 g/mol. The molecule has 6 nitrogen and oxygen atoms in total. The summed E-state index contributed by atoms with van der Waals surface area (Å²) in [6.45, 7) is 1.74. The van der Waals surface area contributed by atoms with Crippen molar-refractivity contribution >= 4 is 40.4 Å². The van der Waals surface area contributed by atoms with Crippen LogP contribution in [0.2, 0.25) is 10.0 Å². The Morgan fingerprint density at radius 3 is 2.96 bits per heavy atom. The van der Waals surface area contributed by atoms with Gasteiger partial charge in [0.1, 0.15) is 13.1 Å². The topological polar surface area (TPSA) is 65.1 Å². The van der Waals surface area contributed by atoms with Gasteiger partial charge in [-0.2, -0.15) is 0 Å². The zero-order valence-corrected chi connectivity index (χ0v) is 14.7. The number of aromatic nitrogens is 4. The van der Waals surface area contributed by atoms with Gasteiger partial charge in [0.25, 0.3) is 0 Å². The number of rotatable bonds is 2. The smallest absolute Gasteiger partial charge is 0.298 e. The predicted octanol–water partition coefficient (Wildman–Crippen LogP) is 1.95. The molecule has 1 aliphatic rings. The average molecular weight is 381 g/mol. The first-order chi connectivity index (χ1) is 11.6. The largest absolute Gasteiger partial charge is 0.346 e. The summed E-state index contributed by atoms with van der Waals surface area (Å²) in [5.41, 5.74) is 0.437. The van der Waals surface area contributed by atoms with Crippen molar-refractivity contribution in [2.24, 2.45) is 0 Å². The molecule has 1 atom stereocenters. The standard InChI is InChI=1S/C15H11Cl2N5OS/c16-10-3-1-2-9(12(10)17)15(23)21-5-6-22-11(8-21)19-20-13(22)14-18-4-7-24-14/h1-4,7H,5-6,8H2/p+1. The number of benzene rings is 1. The second-order valence-corrected chi connectivity index (χ2v) is 7.07. The van der Waals surface area contributed by atoms with Gasteiger partial charge < -0.3 is 0 Å². The Balaban J connectivity index is 1.61. The van der Waals surface area contributed by atoms with Crippen LogP contribution in [0.5, 0.6) is 0 Å². The number of carbonyl (C=O) groups is 1. The Labute approximate surface area is 151 Å². The molecule has 0 saturated heterocycles. The Hall–Kier alpha value is -1.80. The van der Waals surface area contributed by atoms with Crippen molar-refractivity contribution in [2.75, 3.05) is 6.54 Å². The maximum Gasteiger partial charge on any atom is 0.346 e. The van der Waals surface area contributed by atoms with Gasteiger partial charge in [-0.1, -0.05) is 29.3 Å². The SMILES string of the molecule is O=C(c1cccc(Cl)c1Cl)[NH+]1CCn2c(nnc2-c2nccs2)C1. The van der Waals surface area contributed by atoms with Gasteiger partial charge >= 0.3 is 5.91 Å². The molecule has 3 heterocycles. The minimum absolute atomic E-state index is 0.0763. The first kappa shape index (κ1) is 15.7. The van der Waals surface area contributed by atoms with E-state index in [1.807, 2.05) is 9.95 Å². The van der Waals surface area contributed by atoms with Crippen molar-refractivity contribution < 1.29 is 9.69 Å². The molecule has 1 aliphatic heterocycles. The number of halogens is 2. The molecule has 1 amide bonds. The van der Waals surface area contributed by atoms with E-state index < -0.39 is 0 Å². The number of nitrogens with one attached hydrogen (secondary N) is 1. The maximum absolute atomic E-state index is 12.8. The van der Waals surface area contributed by atoms with E-state index in [0.717, 1.165) is 21.6 Å². The summed E-state index contributed by atoms with van der Waals surface area (Å²) in [7, 11) is 0. The molecule has 1 aromatic carbocycles. The lowest BCUT2D eigenvalue weighted by atomic mass is 10.2. The zero-order valence-electron chi connectivity index (χ0n) is 12.4. The third kappa shape index (κ3) is 2.63. The lowest BCUT2D eigenvalue weighted by Gasteiger charge is -2.23. The molecule has 0 spiro atoms. The summed E-state index contributed by atoms with van der Waals surface area (Å²) >= 11 is 13.7. The van der Waals surface area contributed by atoms with Gasteiger partial charge in [-0.3, -0.25) is 9.47 Å². The van der Waals surface area contributed by atoms with Crippen LogP contribution >= 0.6 is 34.5 Å². The summed E-state index contributed by atoms with van der Waals surface area (Å²) in [5, 5.41) is 11.9. The second kappa shape index (κ2) is 6.25. The summed E-state index contributed by atoms with van der Waals surface area (Å²) in [5.74, 6) is 1.45. The Kier molecular flexibility index (Phi) is 4.09. The van der Waals surface area contributed by atoms with Gasteiger partial charge in [-0.15, -0.1) is 21.5 Å². The molecule has 1 unspecified atom stereocenters. The summed E-state index contributed by atoms with van der Waals surface area (Å²) in [6, 6.07) is 5.10. The van der Waals surface area contributed by atoms with Crippen molar-refractivity contribution in [3.05, 3.63) is 51.2 Å². The first-order valence-corrected chi connectivity index (χ1v) is 8.94. The Bertz CT molecular complexity index is 909. The van der Waals surface area contributed by atoms with E-state index in [-0.39, 0.29) is 5.91 Å². The number of carbonyl (C=O) groups excluding carboxylic acids is 1. The van der Waals surface area contributed by atoms with E-state index in [1.165, 1.54) is 11.3 Å². The van der Waals surface area contributed by atoms with Crippen molar-refractivity contribution in [1.82, 2.24) is 19.7 Å². The van der Waals surface area contributed by atoms with Gasteiger partial charge in [0.2, 0.25) is 0 Å². The fourth-order valence-electron chi connectivity index (χ4n) is 2.78. The molecular weight excluding hydrogens is 369 g/mol. The van der Waals surface area contributed by atoms with Crippen LogP contribution in [-0.2, 0) is 13.1 Å². The summed E-state index contributed by atoms with van der Waals surface area (Å²) < 4.78 is 2.02. The summed E-state index contributed by atoms with van der Waals surface area (Å²) in [4.78, 5) is 17.8. The lowest BCUT2D eigenvalue weighted by molar-refractivity contribution is -0.834. The quantitative estimate of drug-likeness (QED) is 0.737. The summed E-state index contributed by atoms with van der Waals surface area (Å²) in [6.07, 6.45) is 1.74. The minimum atomic E-state index is -0.0763. The zero-order chi connectivity index (χ0) is 16.7. The molecule has 0 saturated carbocycles. The van der Waals surface area contributed by atoms with Gasteiger partial charge in [-0.05, 0) is 12.1 Å². The number of thiazole rings is 1. The predicted molar refractivity (Wildman–Crippen MR) is 91.5 cm³/mol. The van der Waals surface area contributed by atoms with Crippen LogP contribution in [0.15, 0.2) is 29.8 Å². The molecule has 9 heteroatoms. The number of quaternary nitrogens is 1. The molecular formula is C15H12Cl2N5OS+. The minimum Gasteiger partial charge on any atom is -0.298 e. The molecule has 0 aliphatic carbocycles. The highest BCUT2D eigenvalue weighted by Crippen LogP contribution is 2.25. The molecule has 1 N–H and O–H groups in total. The Morgan fingerprint density at radius 2 is 2.17 bits per heavy atom. The normalized spacial score (nSPS) is 16.8. The van der Waals surface area contributed by atoms with E-state index in [4.69, 9.17) is 23.2 Å². The van der Waals surface area contributed by atoms with E-state index in [9.17, 15) is 4.79 Å². The van der Waals surface area contributed by atoms with Gasteiger partial charge in [0.05, 0.1) is 22.2 Å². The van der Waals surface area contributed by atoms with Crippen LogP contribution in [0.1, 0.15) is 16.2 Å². The Morgan fingerprint density at radius 1 is 1.29 bits per heavy atom. The number of amides is 1. The number of hydrogen-bond acceptors (Lipinski definition) is 5. The van der Waals surface area contributed by atoms with Crippen molar-refractivity contribution in [2.45, 2.75) is 13.1 Å². The van der Waals surface area contributed by atoms with Crippen LogP contribution in [0.25, 0.3) is 10.8 Å². The second-order valence-electron chi connectivity index (χ2n) is 5.39. The van der Waals surface area contributed by atoms with Crippen molar-refractivity contribution in [1.29, 1.82) is 0 Å². The lowest BCUT2D eigenvalue weighted by Crippen LogP contribution is -3.14. The van der Waals surface area contributed by atoms with E-state index in [2.05, 4.69) is 15.2 Å². The van der Waals surface area contributed by atoms with Gasteiger partial charge in [0, 0.05) is 11.6 Å². The molecule has 4 rings (SSSR count). The maximum atomic E-state index is 12.8. The molecule has 0 radical (unpaired) electrons. The molecule has 0 fully saturated rings. The molecule has 3 aromatic rings. The van der Waals surface area contributed by atoms with Gasteiger partial charge in [0.15, 0.2) is 16.7 Å². The highest BCUT2D eigenvalue weighted by molar-refractivity contribution is 7.13. The van der Waals surface area contributed by atoms with Crippen molar-refractivity contribution in [3.63, 3.8) is 0 Å². The third-order valence-corrected chi connectivity index (χ3v) is 5.56. The molecule has 0 bridgehead atoms. The van der Waals surface area contributed by atoms with Crippen LogP contribution in [0.3, 0.4) is 0 Å². The van der Waals surface area contributed by atoms with E-state index >= 15 is 0 Å². The third-order valence-electron chi connectivity index (χ3n) is 3.98. The molecule has 24 heavy (non-hydrogen) atoms. The number of nitrogens with zero attached hydrogens (tertiary/aromatic N) is 4. The van der Waals surface area contributed by atoms with E-state index in [1.54, 1.807) is 24.4 Å². The fourth-order valence-corrected chi connectivity index (χ4v) is 3.80. The molecule has 2 aromatic heterocycles. The number of hydrogen-bond donors (Lipinski definition) is 1. The first-order valence-electron chi connectivity index (χ1n) is 7.30. The highest BCUT2D eigenvalue weighted by Gasteiger charge is 2.31. The molecule has 122 valence electrons. The van der Waals surface area contributed by atoms with Gasteiger partial charge in [-0.25, -0.2) is 9.78 Å². The van der Waals surface area contributed by atoms with Crippen molar-refractivity contribution in [3.8, 4) is 10.8 Å². The van der Waals surface area contributed by atoms with Crippen LogP contribution in [-0.4, -0.2) is 32.2 Å². The fraction of sp³-hybridized carbons (Fsp3) is 0.200. The van der Waals surface area contributed by atoms with Crippen LogP contribution in [0, 0.1) is 0 Å².